The minimum absolute atomic E-state index is 0.0496. The fraction of sp³-hybridized carbons (Fsp3) is 0.381. The van der Waals surface area contributed by atoms with Gasteiger partial charge in [0, 0.05) is 5.69 Å². The standard InChI is InChI=1S/C21H27NO2/c1-14(2)17-11-8-12-18(15(3)4)21(17)22-20(24)13-19(23)16-9-6-5-7-10-16/h5-12,14-15,19,23H,13H2,1-4H3,(H,22,24). The highest BCUT2D eigenvalue weighted by molar-refractivity contribution is 5.93. The third-order valence-electron chi connectivity index (χ3n) is 4.20. The smallest absolute Gasteiger partial charge is 0.227 e. The van der Waals surface area contributed by atoms with Crippen molar-refractivity contribution in [1.29, 1.82) is 0 Å². The lowest BCUT2D eigenvalue weighted by molar-refractivity contribution is -0.118. The first-order valence-corrected chi connectivity index (χ1v) is 8.55. The number of carbonyl (C=O) groups is 1. The second-order valence-corrected chi connectivity index (χ2v) is 6.80. The van der Waals surface area contributed by atoms with E-state index in [1.165, 1.54) is 0 Å². The van der Waals surface area contributed by atoms with Gasteiger partial charge in [-0.25, -0.2) is 0 Å². The van der Waals surface area contributed by atoms with Crippen molar-refractivity contribution in [2.24, 2.45) is 0 Å². The van der Waals surface area contributed by atoms with E-state index in [4.69, 9.17) is 0 Å². The fourth-order valence-electron chi connectivity index (χ4n) is 2.85. The number of nitrogens with one attached hydrogen (secondary N) is 1. The van der Waals surface area contributed by atoms with Gasteiger partial charge >= 0.3 is 0 Å². The predicted octanol–water partition coefficient (Wildman–Crippen LogP) is 5.00. The SMILES string of the molecule is CC(C)c1cccc(C(C)C)c1NC(=O)CC(O)c1ccccc1. The second kappa shape index (κ2) is 8.11. The van der Waals surface area contributed by atoms with Crippen molar-refractivity contribution in [3.05, 3.63) is 65.2 Å². The molecule has 0 aliphatic heterocycles. The summed E-state index contributed by atoms with van der Waals surface area (Å²) in [5.74, 6) is 0.470. The van der Waals surface area contributed by atoms with Gasteiger partial charge in [0.25, 0.3) is 0 Å². The maximum Gasteiger partial charge on any atom is 0.227 e. The van der Waals surface area contributed by atoms with Crippen LogP contribution in [0.2, 0.25) is 0 Å². The molecule has 2 aromatic rings. The van der Waals surface area contributed by atoms with Gasteiger partial charge in [-0.1, -0.05) is 76.2 Å². The van der Waals surface area contributed by atoms with E-state index in [1.54, 1.807) is 0 Å². The van der Waals surface area contributed by atoms with Crippen LogP contribution in [0.15, 0.2) is 48.5 Å². The van der Waals surface area contributed by atoms with Crippen molar-refractivity contribution in [1.82, 2.24) is 0 Å². The summed E-state index contributed by atoms with van der Waals surface area (Å²) in [5, 5.41) is 13.3. The van der Waals surface area contributed by atoms with Gasteiger partial charge in [0.15, 0.2) is 0 Å². The lowest BCUT2D eigenvalue weighted by Gasteiger charge is -2.21. The molecule has 3 heteroatoms. The first-order chi connectivity index (χ1) is 11.4. The third-order valence-corrected chi connectivity index (χ3v) is 4.20. The monoisotopic (exact) mass is 325 g/mol. The van der Waals surface area contributed by atoms with Gasteiger partial charge in [-0.15, -0.1) is 0 Å². The maximum absolute atomic E-state index is 12.5. The van der Waals surface area contributed by atoms with Gasteiger partial charge in [0.1, 0.15) is 0 Å². The van der Waals surface area contributed by atoms with Gasteiger partial charge in [0.05, 0.1) is 12.5 Å². The topological polar surface area (TPSA) is 49.3 Å². The van der Waals surface area contributed by atoms with E-state index in [1.807, 2.05) is 36.4 Å². The summed E-state index contributed by atoms with van der Waals surface area (Å²) in [6, 6.07) is 15.4. The molecule has 0 saturated heterocycles. The molecule has 0 aromatic heterocycles. The zero-order chi connectivity index (χ0) is 17.7. The molecule has 0 fully saturated rings. The Morgan fingerprint density at radius 3 is 1.96 bits per heavy atom. The normalized spacial score (nSPS) is 12.5. The van der Waals surface area contributed by atoms with Crippen LogP contribution < -0.4 is 5.32 Å². The zero-order valence-corrected chi connectivity index (χ0v) is 14.9. The number of benzene rings is 2. The average molecular weight is 325 g/mol. The van der Waals surface area contributed by atoms with E-state index < -0.39 is 6.10 Å². The molecule has 0 saturated carbocycles. The van der Waals surface area contributed by atoms with Gasteiger partial charge in [-0.05, 0) is 28.5 Å². The quantitative estimate of drug-likeness (QED) is 0.785. The first-order valence-electron chi connectivity index (χ1n) is 8.55. The minimum Gasteiger partial charge on any atom is -0.388 e. The van der Waals surface area contributed by atoms with Gasteiger partial charge in [-0.3, -0.25) is 4.79 Å². The van der Waals surface area contributed by atoms with E-state index in [0.29, 0.717) is 11.8 Å². The Balaban J connectivity index is 2.19. The number of hydrogen-bond donors (Lipinski definition) is 2. The lowest BCUT2D eigenvalue weighted by Crippen LogP contribution is -2.18. The van der Waals surface area contributed by atoms with Crippen molar-refractivity contribution in [2.45, 2.75) is 52.1 Å². The molecule has 128 valence electrons. The molecule has 1 atom stereocenters. The Hall–Kier alpha value is -2.13. The number of anilines is 1. The van der Waals surface area contributed by atoms with E-state index in [9.17, 15) is 9.90 Å². The highest BCUT2D eigenvalue weighted by atomic mass is 16.3. The van der Waals surface area contributed by atoms with E-state index in [0.717, 1.165) is 22.4 Å². The summed E-state index contributed by atoms with van der Waals surface area (Å²) < 4.78 is 0. The van der Waals surface area contributed by atoms with Crippen LogP contribution in [0.25, 0.3) is 0 Å². The van der Waals surface area contributed by atoms with E-state index >= 15 is 0 Å². The number of aliphatic hydroxyl groups is 1. The molecular formula is C21H27NO2. The number of aliphatic hydroxyl groups excluding tert-OH is 1. The molecule has 1 unspecified atom stereocenters. The minimum atomic E-state index is -0.792. The number of rotatable bonds is 6. The molecule has 0 spiro atoms. The van der Waals surface area contributed by atoms with Gasteiger partial charge in [-0.2, -0.15) is 0 Å². The molecular weight excluding hydrogens is 298 g/mol. The molecule has 0 aliphatic rings. The Labute approximate surface area is 144 Å². The summed E-state index contributed by atoms with van der Waals surface area (Å²) in [5.41, 5.74) is 3.91. The Bertz CT molecular complexity index is 651. The highest BCUT2D eigenvalue weighted by Gasteiger charge is 2.18. The van der Waals surface area contributed by atoms with Gasteiger partial charge < -0.3 is 10.4 Å². The largest absolute Gasteiger partial charge is 0.388 e. The molecule has 24 heavy (non-hydrogen) atoms. The molecule has 2 N–H and O–H groups in total. The Kier molecular flexibility index (Phi) is 6.16. The molecule has 3 nitrogen and oxygen atoms in total. The summed E-state index contributed by atoms with van der Waals surface area (Å²) in [6.45, 7) is 8.48. The Morgan fingerprint density at radius 2 is 1.46 bits per heavy atom. The first kappa shape index (κ1) is 18.2. The molecule has 0 aliphatic carbocycles. The molecule has 2 rings (SSSR count). The van der Waals surface area contributed by atoms with E-state index in [-0.39, 0.29) is 12.3 Å². The van der Waals surface area contributed by atoms with E-state index in [2.05, 4.69) is 45.1 Å². The average Bonchev–Trinajstić information content (AvgIpc) is 2.55. The summed E-state index contributed by atoms with van der Waals surface area (Å²) in [6.07, 6.45) is -0.742. The molecule has 1 amide bonds. The van der Waals surface area contributed by atoms with Gasteiger partial charge in [0.2, 0.25) is 5.91 Å². The second-order valence-electron chi connectivity index (χ2n) is 6.80. The van der Waals surface area contributed by atoms with Crippen molar-refractivity contribution >= 4 is 11.6 Å². The molecule has 0 heterocycles. The third kappa shape index (κ3) is 4.45. The Morgan fingerprint density at radius 1 is 0.917 bits per heavy atom. The fourth-order valence-corrected chi connectivity index (χ4v) is 2.85. The predicted molar refractivity (Wildman–Crippen MR) is 99.3 cm³/mol. The van der Waals surface area contributed by atoms with Crippen LogP contribution in [-0.4, -0.2) is 11.0 Å². The molecule has 0 bridgehead atoms. The summed E-state index contributed by atoms with van der Waals surface area (Å²) >= 11 is 0. The van der Waals surface area contributed by atoms with Crippen molar-refractivity contribution in [2.75, 3.05) is 5.32 Å². The number of amides is 1. The van der Waals surface area contributed by atoms with Crippen LogP contribution in [0.5, 0.6) is 0 Å². The van der Waals surface area contributed by atoms with Crippen molar-refractivity contribution in [3.8, 4) is 0 Å². The highest BCUT2D eigenvalue weighted by Crippen LogP contribution is 2.32. The van der Waals surface area contributed by atoms with Crippen molar-refractivity contribution < 1.29 is 9.90 Å². The number of para-hydroxylation sites is 1. The lowest BCUT2D eigenvalue weighted by atomic mass is 9.92. The number of hydrogen-bond acceptors (Lipinski definition) is 2. The van der Waals surface area contributed by atoms with Crippen LogP contribution in [0.1, 0.15) is 68.7 Å². The summed E-state index contributed by atoms with van der Waals surface area (Å²) in [7, 11) is 0. The van der Waals surface area contributed by atoms with Crippen LogP contribution in [0.4, 0.5) is 5.69 Å². The number of carbonyl (C=O) groups excluding carboxylic acids is 1. The van der Waals surface area contributed by atoms with Crippen LogP contribution in [0.3, 0.4) is 0 Å². The maximum atomic E-state index is 12.5. The van der Waals surface area contributed by atoms with Crippen molar-refractivity contribution in [3.63, 3.8) is 0 Å². The molecule has 0 radical (unpaired) electrons. The van der Waals surface area contributed by atoms with Crippen LogP contribution in [-0.2, 0) is 4.79 Å². The van der Waals surface area contributed by atoms with Crippen LogP contribution >= 0.6 is 0 Å². The summed E-state index contributed by atoms with van der Waals surface area (Å²) in [4.78, 5) is 12.5. The zero-order valence-electron chi connectivity index (χ0n) is 14.9. The molecule has 2 aromatic carbocycles. The van der Waals surface area contributed by atoms with Crippen LogP contribution in [0, 0.1) is 0 Å².